The van der Waals surface area contributed by atoms with Crippen molar-refractivity contribution in [3.05, 3.63) is 24.0 Å². The lowest BCUT2D eigenvalue weighted by Gasteiger charge is -2.19. The fourth-order valence-electron chi connectivity index (χ4n) is 1.35. The summed E-state index contributed by atoms with van der Waals surface area (Å²) in [6, 6.07) is 3.27. The largest absolute Gasteiger partial charge is 0.506 e. The SMILES string of the molecule is CCN(CC)C(N)=NCc1ncccc1O. The lowest BCUT2D eigenvalue weighted by Crippen LogP contribution is -2.37. The third-order valence-corrected chi connectivity index (χ3v) is 2.34. The number of rotatable bonds is 4. The molecule has 0 aliphatic rings. The van der Waals surface area contributed by atoms with Gasteiger partial charge in [-0.3, -0.25) is 4.98 Å². The van der Waals surface area contributed by atoms with Crippen LogP contribution in [0, 0.1) is 0 Å². The Morgan fingerprint density at radius 1 is 1.50 bits per heavy atom. The van der Waals surface area contributed by atoms with Crippen molar-refractivity contribution in [1.29, 1.82) is 0 Å². The minimum absolute atomic E-state index is 0.151. The van der Waals surface area contributed by atoms with Crippen molar-refractivity contribution in [2.24, 2.45) is 10.7 Å². The summed E-state index contributed by atoms with van der Waals surface area (Å²) in [6.07, 6.45) is 1.62. The number of aromatic nitrogens is 1. The third-order valence-electron chi connectivity index (χ3n) is 2.34. The molecule has 0 spiro atoms. The summed E-state index contributed by atoms with van der Waals surface area (Å²) in [5.41, 5.74) is 6.34. The van der Waals surface area contributed by atoms with E-state index in [1.807, 2.05) is 18.7 Å². The van der Waals surface area contributed by atoms with Gasteiger partial charge in [-0.15, -0.1) is 0 Å². The van der Waals surface area contributed by atoms with Gasteiger partial charge in [0.25, 0.3) is 0 Å². The molecule has 0 aliphatic carbocycles. The van der Waals surface area contributed by atoms with Crippen LogP contribution in [0.2, 0.25) is 0 Å². The first-order chi connectivity index (χ1) is 7.69. The highest BCUT2D eigenvalue weighted by Gasteiger charge is 2.04. The molecular weight excluding hydrogens is 204 g/mol. The first kappa shape index (κ1) is 12.3. The van der Waals surface area contributed by atoms with Crippen molar-refractivity contribution in [1.82, 2.24) is 9.88 Å². The van der Waals surface area contributed by atoms with Gasteiger partial charge in [-0.25, -0.2) is 4.99 Å². The monoisotopic (exact) mass is 222 g/mol. The summed E-state index contributed by atoms with van der Waals surface area (Å²) >= 11 is 0. The molecule has 5 heteroatoms. The number of pyridine rings is 1. The fourth-order valence-corrected chi connectivity index (χ4v) is 1.35. The number of hydrogen-bond donors (Lipinski definition) is 2. The summed E-state index contributed by atoms with van der Waals surface area (Å²) < 4.78 is 0. The van der Waals surface area contributed by atoms with E-state index in [4.69, 9.17) is 5.73 Å². The van der Waals surface area contributed by atoms with Crippen LogP contribution in [0.4, 0.5) is 0 Å². The van der Waals surface area contributed by atoms with Gasteiger partial charge in [0, 0.05) is 19.3 Å². The van der Waals surface area contributed by atoms with Crippen LogP contribution in [0.1, 0.15) is 19.5 Å². The standard InChI is InChI=1S/C11H18N4O/c1-3-15(4-2)11(12)14-8-9-10(16)6-5-7-13-9/h5-7,16H,3-4,8H2,1-2H3,(H2,12,14). The highest BCUT2D eigenvalue weighted by Crippen LogP contribution is 2.13. The molecule has 3 N–H and O–H groups in total. The number of nitrogens with two attached hydrogens (primary N) is 1. The average Bonchev–Trinajstić information content (AvgIpc) is 2.29. The normalized spacial score (nSPS) is 11.5. The van der Waals surface area contributed by atoms with Crippen LogP contribution in [-0.4, -0.2) is 34.0 Å². The molecule has 1 rings (SSSR count). The highest BCUT2D eigenvalue weighted by atomic mass is 16.3. The Bertz CT molecular complexity index is 361. The van der Waals surface area contributed by atoms with Crippen LogP contribution in [-0.2, 0) is 6.54 Å². The summed E-state index contributed by atoms with van der Waals surface area (Å²) in [7, 11) is 0. The molecule has 0 aliphatic heterocycles. The maximum absolute atomic E-state index is 9.49. The molecule has 88 valence electrons. The fraction of sp³-hybridized carbons (Fsp3) is 0.455. The van der Waals surface area contributed by atoms with Crippen molar-refractivity contribution in [3.63, 3.8) is 0 Å². The maximum Gasteiger partial charge on any atom is 0.191 e. The zero-order chi connectivity index (χ0) is 12.0. The molecular formula is C11H18N4O. The van der Waals surface area contributed by atoms with Gasteiger partial charge in [-0.1, -0.05) is 0 Å². The summed E-state index contributed by atoms with van der Waals surface area (Å²) in [5.74, 6) is 0.633. The van der Waals surface area contributed by atoms with Gasteiger partial charge in [0.1, 0.15) is 11.4 Å². The van der Waals surface area contributed by atoms with Crippen molar-refractivity contribution >= 4 is 5.96 Å². The second-order valence-electron chi connectivity index (χ2n) is 3.32. The van der Waals surface area contributed by atoms with Crippen LogP contribution in [0.25, 0.3) is 0 Å². The number of aliphatic imine (C=N–C) groups is 1. The molecule has 1 aromatic rings. The van der Waals surface area contributed by atoms with E-state index in [1.54, 1.807) is 18.3 Å². The first-order valence-electron chi connectivity index (χ1n) is 5.36. The van der Waals surface area contributed by atoms with Crippen LogP contribution in [0.15, 0.2) is 23.3 Å². The molecule has 1 heterocycles. The van der Waals surface area contributed by atoms with E-state index in [0.717, 1.165) is 13.1 Å². The predicted octanol–water partition coefficient (Wildman–Crippen LogP) is 0.944. The van der Waals surface area contributed by atoms with Gasteiger partial charge in [0.05, 0.1) is 6.54 Å². The lowest BCUT2D eigenvalue weighted by atomic mass is 10.3. The molecule has 0 atom stereocenters. The molecule has 0 saturated heterocycles. The van der Waals surface area contributed by atoms with Crippen molar-refractivity contribution in [3.8, 4) is 5.75 Å². The van der Waals surface area contributed by atoms with E-state index in [-0.39, 0.29) is 5.75 Å². The lowest BCUT2D eigenvalue weighted by molar-refractivity contribution is 0.454. The average molecular weight is 222 g/mol. The van der Waals surface area contributed by atoms with Crippen molar-refractivity contribution < 1.29 is 5.11 Å². The number of nitrogens with zero attached hydrogens (tertiary/aromatic N) is 3. The van der Waals surface area contributed by atoms with Crippen LogP contribution in [0.5, 0.6) is 5.75 Å². The second-order valence-corrected chi connectivity index (χ2v) is 3.32. The molecule has 0 aromatic carbocycles. The Morgan fingerprint density at radius 2 is 2.19 bits per heavy atom. The summed E-state index contributed by atoms with van der Waals surface area (Å²) in [6.45, 7) is 5.98. The Kier molecular flexibility index (Phi) is 4.57. The molecule has 1 aromatic heterocycles. The summed E-state index contributed by atoms with van der Waals surface area (Å²) in [5, 5.41) is 9.49. The molecule has 0 amide bonds. The number of hydrogen-bond acceptors (Lipinski definition) is 3. The van der Waals surface area contributed by atoms with E-state index in [2.05, 4.69) is 9.98 Å². The molecule has 0 bridgehead atoms. The van der Waals surface area contributed by atoms with Gasteiger partial charge >= 0.3 is 0 Å². The van der Waals surface area contributed by atoms with E-state index in [1.165, 1.54) is 0 Å². The van der Waals surface area contributed by atoms with Crippen LogP contribution >= 0.6 is 0 Å². The quantitative estimate of drug-likeness (QED) is 0.587. The topological polar surface area (TPSA) is 74.7 Å². The third kappa shape index (κ3) is 3.12. The van der Waals surface area contributed by atoms with E-state index >= 15 is 0 Å². The minimum Gasteiger partial charge on any atom is -0.506 e. The Morgan fingerprint density at radius 3 is 2.75 bits per heavy atom. The number of aromatic hydroxyl groups is 1. The Labute approximate surface area is 95.6 Å². The van der Waals surface area contributed by atoms with Gasteiger partial charge in [-0.2, -0.15) is 0 Å². The minimum atomic E-state index is 0.151. The zero-order valence-electron chi connectivity index (χ0n) is 9.72. The molecule has 0 unspecified atom stereocenters. The van der Waals surface area contributed by atoms with Gasteiger partial charge in [-0.05, 0) is 26.0 Å². The van der Waals surface area contributed by atoms with Gasteiger partial charge in [0.15, 0.2) is 5.96 Å². The first-order valence-corrected chi connectivity index (χ1v) is 5.36. The van der Waals surface area contributed by atoms with Crippen LogP contribution < -0.4 is 5.73 Å². The molecule has 0 saturated carbocycles. The van der Waals surface area contributed by atoms with E-state index in [0.29, 0.717) is 18.2 Å². The van der Waals surface area contributed by atoms with Gasteiger partial charge in [0.2, 0.25) is 0 Å². The zero-order valence-corrected chi connectivity index (χ0v) is 9.72. The molecule has 5 nitrogen and oxygen atoms in total. The summed E-state index contributed by atoms with van der Waals surface area (Å²) in [4.78, 5) is 10.2. The second kappa shape index (κ2) is 5.95. The van der Waals surface area contributed by atoms with E-state index < -0.39 is 0 Å². The molecule has 0 fully saturated rings. The van der Waals surface area contributed by atoms with E-state index in [9.17, 15) is 5.11 Å². The Hall–Kier alpha value is -1.78. The van der Waals surface area contributed by atoms with Crippen LogP contribution in [0.3, 0.4) is 0 Å². The Balaban J connectivity index is 2.69. The maximum atomic E-state index is 9.49. The highest BCUT2D eigenvalue weighted by molar-refractivity contribution is 5.78. The van der Waals surface area contributed by atoms with Gasteiger partial charge < -0.3 is 15.7 Å². The molecule has 0 radical (unpaired) electrons. The van der Waals surface area contributed by atoms with Crippen molar-refractivity contribution in [2.75, 3.05) is 13.1 Å². The molecule has 16 heavy (non-hydrogen) atoms. The number of guanidine groups is 1. The van der Waals surface area contributed by atoms with Crippen molar-refractivity contribution in [2.45, 2.75) is 20.4 Å². The predicted molar refractivity (Wildman–Crippen MR) is 64.1 cm³/mol. The smallest absolute Gasteiger partial charge is 0.191 e.